The Labute approximate surface area is 158 Å². The molecule has 4 N–H and O–H groups in total. The number of amides is 2. The maximum absolute atomic E-state index is 13.6. The van der Waals surface area contributed by atoms with Gasteiger partial charge in [0.2, 0.25) is 0 Å². The van der Waals surface area contributed by atoms with Crippen molar-refractivity contribution in [3.8, 4) is 0 Å². The molecule has 2 amide bonds. The minimum absolute atomic E-state index is 0.0280. The van der Waals surface area contributed by atoms with Crippen LogP contribution in [0, 0.1) is 11.6 Å². The van der Waals surface area contributed by atoms with Crippen molar-refractivity contribution in [2.24, 2.45) is 0 Å². The van der Waals surface area contributed by atoms with Crippen LogP contribution in [0.1, 0.15) is 27.2 Å². The number of anilines is 1. The van der Waals surface area contributed by atoms with Gasteiger partial charge in [0.25, 0.3) is 11.8 Å². The molecule has 1 saturated heterocycles. The molecule has 1 fully saturated rings. The highest BCUT2D eigenvalue weighted by Crippen LogP contribution is 2.14. The Morgan fingerprint density at radius 3 is 2.19 bits per heavy atom. The minimum atomic E-state index is -0.656. The third kappa shape index (κ3) is 7.60. The van der Waals surface area contributed by atoms with Gasteiger partial charge in [-0.25, -0.2) is 8.78 Å². The van der Waals surface area contributed by atoms with Gasteiger partial charge in [-0.05, 0) is 32.9 Å². The first-order valence-electron chi connectivity index (χ1n) is 9.35. The number of quaternary nitrogens is 2. The molecule has 0 bridgehead atoms. The average Bonchev–Trinajstić information content (AvgIpc) is 2.74. The molecule has 1 aliphatic heterocycles. The van der Waals surface area contributed by atoms with Crippen LogP contribution >= 0.6 is 0 Å². The summed E-state index contributed by atoms with van der Waals surface area (Å²) in [7, 11) is 0. The van der Waals surface area contributed by atoms with Crippen LogP contribution in [0.3, 0.4) is 0 Å². The maximum Gasteiger partial charge on any atom is 0.279 e. The van der Waals surface area contributed by atoms with Crippen molar-refractivity contribution in [2.45, 2.75) is 32.7 Å². The van der Waals surface area contributed by atoms with E-state index in [2.05, 4.69) is 10.6 Å². The van der Waals surface area contributed by atoms with Crippen LogP contribution in [0.5, 0.6) is 0 Å². The number of halogens is 2. The number of nitrogens with one attached hydrogen (secondary N) is 4. The van der Waals surface area contributed by atoms with E-state index in [1.807, 2.05) is 20.8 Å². The van der Waals surface area contributed by atoms with Gasteiger partial charge < -0.3 is 20.4 Å². The Bertz CT molecular complexity index is 676. The number of rotatable bonds is 5. The first-order valence-corrected chi connectivity index (χ1v) is 9.35. The summed E-state index contributed by atoms with van der Waals surface area (Å²) < 4.78 is 26.8. The van der Waals surface area contributed by atoms with Gasteiger partial charge in [0.15, 0.2) is 13.1 Å². The highest BCUT2D eigenvalue weighted by Gasteiger charge is 2.25. The molecule has 2 unspecified atom stereocenters. The summed E-state index contributed by atoms with van der Waals surface area (Å²) in [6.07, 6.45) is 0.898. The highest BCUT2D eigenvalue weighted by molar-refractivity contribution is 5.91. The highest BCUT2D eigenvalue weighted by atomic mass is 19.1. The Morgan fingerprint density at radius 2 is 1.59 bits per heavy atom. The largest absolute Gasteiger partial charge is 0.347 e. The molecular formula is C19H30F2N4O2+2. The molecule has 1 aliphatic rings. The fourth-order valence-corrected chi connectivity index (χ4v) is 3.25. The fourth-order valence-electron chi connectivity index (χ4n) is 3.25. The standard InChI is InChI=1S/C19H28F2N4O2/c1-19(2,3)23-18(27)13-25-8-4-7-24(9-10-25)12-17(26)22-16-11-14(20)5-6-15(16)21/h5-6,11H,4,7-10,12-13H2,1-3H3,(H,22,26)(H,23,27)/p+2. The molecule has 0 aromatic heterocycles. The molecule has 150 valence electrons. The molecule has 0 spiro atoms. The van der Waals surface area contributed by atoms with Gasteiger partial charge in [0.1, 0.15) is 24.7 Å². The van der Waals surface area contributed by atoms with Crippen molar-refractivity contribution in [2.75, 3.05) is 44.6 Å². The summed E-state index contributed by atoms with van der Waals surface area (Å²) >= 11 is 0. The molecular weight excluding hydrogens is 354 g/mol. The molecule has 1 aromatic carbocycles. The number of hydrogen-bond acceptors (Lipinski definition) is 2. The Kier molecular flexibility index (Phi) is 7.26. The van der Waals surface area contributed by atoms with Crippen LogP contribution in [0.25, 0.3) is 0 Å². The van der Waals surface area contributed by atoms with Crippen LogP contribution in [0.4, 0.5) is 14.5 Å². The third-order valence-electron chi connectivity index (χ3n) is 4.43. The van der Waals surface area contributed by atoms with E-state index in [0.717, 1.165) is 55.7 Å². The van der Waals surface area contributed by atoms with E-state index in [1.54, 1.807) is 0 Å². The van der Waals surface area contributed by atoms with Gasteiger partial charge in [0, 0.05) is 18.0 Å². The minimum Gasteiger partial charge on any atom is -0.347 e. The first kappa shape index (κ1) is 21.2. The van der Waals surface area contributed by atoms with Crippen LogP contribution < -0.4 is 20.4 Å². The van der Waals surface area contributed by atoms with Gasteiger partial charge >= 0.3 is 0 Å². The molecule has 1 heterocycles. The van der Waals surface area contributed by atoms with Crippen LogP contribution in [0.15, 0.2) is 18.2 Å². The predicted molar refractivity (Wildman–Crippen MR) is 98.6 cm³/mol. The normalized spacial score (nSPS) is 20.6. The van der Waals surface area contributed by atoms with E-state index in [-0.39, 0.29) is 29.6 Å². The summed E-state index contributed by atoms with van der Waals surface area (Å²) in [5.41, 5.74) is -0.385. The molecule has 2 atom stereocenters. The van der Waals surface area contributed by atoms with Crippen molar-refractivity contribution >= 4 is 17.5 Å². The summed E-state index contributed by atoms with van der Waals surface area (Å²) in [5, 5.41) is 5.41. The third-order valence-corrected chi connectivity index (χ3v) is 4.43. The quantitative estimate of drug-likeness (QED) is 0.526. The zero-order chi connectivity index (χ0) is 20.0. The molecule has 0 radical (unpaired) electrons. The molecule has 0 saturated carbocycles. The van der Waals surface area contributed by atoms with E-state index >= 15 is 0 Å². The smallest absolute Gasteiger partial charge is 0.279 e. The summed E-state index contributed by atoms with van der Waals surface area (Å²) in [6, 6.07) is 2.98. The van der Waals surface area contributed by atoms with E-state index < -0.39 is 11.6 Å². The summed E-state index contributed by atoms with van der Waals surface area (Å²) in [5.74, 6) is -1.57. The van der Waals surface area contributed by atoms with Crippen molar-refractivity contribution in [1.82, 2.24) is 5.32 Å². The molecule has 2 rings (SSSR count). The summed E-state index contributed by atoms with van der Waals surface area (Å²) in [4.78, 5) is 26.5. The van der Waals surface area contributed by atoms with Crippen molar-refractivity contribution in [1.29, 1.82) is 0 Å². The fraction of sp³-hybridized carbons (Fsp3) is 0.579. The van der Waals surface area contributed by atoms with E-state index in [0.29, 0.717) is 6.54 Å². The lowest BCUT2D eigenvalue weighted by Crippen LogP contribution is -3.18. The van der Waals surface area contributed by atoms with Crippen molar-refractivity contribution < 1.29 is 28.2 Å². The number of benzene rings is 1. The second-order valence-electron chi connectivity index (χ2n) is 8.18. The zero-order valence-corrected chi connectivity index (χ0v) is 16.3. The zero-order valence-electron chi connectivity index (χ0n) is 16.3. The lowest BCUT2D eigenvalue weighted by Gasteiger charge is -2.22. The van der Waals surface area contributed by atoms with E-state index in [4.69, 9.17) is 0 Å². The maximum atomic E-state index is 13.6. The van der Waals surface area contributed by atoms with Gasteiger partial charge in [-0.3, -0.25) is 9.59 Å². The lowest BCUT2D eigenvalue weighted by atomic mass is 10.1. The molecule has 1 aromatic rings. The molecule has 6 nitrogen and oxygen atoms in total. The lowest BCUT2D eigenvalue weighted by molar-refractivity contribution is -0.930. The van der Waals surface area contributed by atoms with Gasteiger partial charge in [-0.1, -0.05) is 0 Å². The summed E-state index contributed by atoms with van der Waals surface area (Å²) in [6.45, 7) is 9.69. The van der Waals surface area contributed by atoms with Crippen LogP contribution in [0.2, 0.25) is 0 Å². The monoisotopic (exact) mass is 384 g/mol. The SMILES string of the molecule is CC(C)(C)NC(=O)C[NH+]1CCC[NH+](CC(=O)Nc2cc(F)ccc2F)CC1. The molecule has 8 heteroatoms. The van der Waals surface area contributed by atoms with Gasteiger partial charge in [-0.15, -0.1) is 0 Å². The Hall–Kier alpha value is -2.06. The first-order chi connectivity index (χ1) is 12.6. The van der Waals surface area contributed by atoms with Crippen LogP contribution in [-0.2, 0) is 9.59 Å². The Balaban J connectivity index is 1.81. The predicted octanol–water partition coefficient (Wildman–Crippen LogP) is -1.01. The van der Waals surface area contributed by atoms with Gasteiger partial charge in [-0.2, -0.15) is 0 Å². The van der Waals surface area contributed by atoms with Crippen molar-refractivity contribution in [3.05, 3.63) is 29.8 Å². The van der Waals surface area contributed by atoms with E-state index in [1.165, 1.54) is 4.90 Å². The second-order valence-corrected chi connectivity index (χ2v) is 8.18. The molecule has 0 aliphatic carbocycles. The average molecular weight is 384 g/mol. The van der Waals surface area contributed by atoms with Gasteiger partial charge in [0.05, 0.1) is 18.8 Å². The van der Waals surface area contributed by atoms with Crippen LogP contribution in [-0.4, -0.2) is 56.6 Å². The van der Waals surface area contributed by atoms with Crippen molar-refractivity contribution in [3.63, 3.8) is 0 Å². The topological polar surface area (TPSA) is 67.1 Å². The Morgan fingerprint density at radius 1 is 1.00 bits per heavy atom. The molecule has 27 heavy (non-hydrogen) atoms. The second kappa shape index (κ2) is 9.23. The number of carbonyl (C=O) groups excluding carboxylic acids is 2. The van der Waals surface area contributed by atoms with E-state index in [9.17, 15) is 18.4 Å². The number of carbonyl (C=O) groups is 2. The number of hydrogen-bond donors (Lipinski definition) is 4.